The smallest absolute Gasteiger partial charge is 0.344 e. The Balaban J connectivity index is 1.65. The number of hydrogen-bond donors (Lipinski definition) is 1. The Bertz CT molecular complexity index is 1050. The molecule has 3 aromatic carbocycles. The molecule has 3 nitrogen and oxygen atoms in total. The van der Waals surface area contributed by atoms with E-state index in [4.69, 9.17) is 9.47 Å². The minimum atomic E-state index is -0.614. The van der Waals surface area contributed by atoms with Crippen LogP contribution in [-0.4, -0.2) is 18.2 Å². The third-order valence-electron chi connectivity index (χ3n) is 4.58. The van der Waals surface area contributed by atoms with E-state index in [1.807, 2.05) is 20.8 Å². The fraction of sp³-hybridized carbons (Fsp3) is 0.208. The highest BCUT2D eigenvalue weighted by atomic mass is 127. The predicted molar refractivity (Wildman–Crippen MR) is 139 cm³/mol. The number of halogens is 2. The van der Waals surface area contributed by atoms with Crippen molar-refractivity contribution >= 4 is 62.0 Å². The van der Waals surface area contributed by atoms with Crippen LogP contribution in [-0.2, 0) is 9.53 Å². The molecule has 1 aliphatic rings. The van der Waals surface area contributed by atoms with Gasteiger partial charge >= 0.3 is 5.97 Å². The number of carbonyl (C=O) groups is 1. The predicted octanol–water partition coefficient (Wildman–Crippen LogP) is 7.08. The van der Waals surface area contributed by atoms with Gasteiger partial charge in [0.15, 0.2) is 6.61 Å². The van der Waals surface area contributed by atoms with Gasteiger partial charge in [-0.05, 0) is 106 Å². The number of benzene rings is 3. The van der Waals surface area contributed by atoms with E-state index in [0.29, 0.717) is 0 Å². The average molecular weight is 644 g/mol. The Labute approximate surface area is 207 Å². The van der Waals surface area contributed by atoms with Crippen molar-refractivity contribution in [1.82, 2.24) is 0 Å². The lowest BCUT2D eigenvalue weighted by atomic mass is 10.1. The molecule has 4 rings (SSSR count). The monoisotopic (exact) mass is 644 g/mol. The normalized spacial score (nSPS) is 13.6. The molecule has 0 fully saturated rings. The maximum atomic E-state index is 12.1. The van der Waals surface area contributed by atoms with E-state index in [-0.39, 0.29) is 12.6 Å². The van der Waals surface area contributed by atoms with Crippen molar-refractivity contribution in [1.29, 1.82) is 0 Å². The van der Waals surface area contributed by atoms with Crippen LogP contribution in [0, 0.1) is 7.14 Å². The van der Waals surface area contributed by atoms with Gasteiger partial charge in [-0.2, -0.15) is 10.9 Å². The van der Waals surface area contributed by atoms with Gasteiger partial charge in [-0.3, -0.25) is 0 Å². The number of rotatable bonds is 4. The van der Waals surface area contributed by atoms with Crippen molar-refractivity contribution in [3.8, 4) is 16.9 Å². The van der Waals surface area contributed by atoms with Crippen molar-refractivity contribution in [2.45, 2.75) is 41.1 Å². The Morgan fingerprint density at radius 2 is 1.40 bits per heavy atom. The number of esters is 1. The molecule has 0 amide bonds. The summed E-state index contributed by atoms with van der Waals surface area (Å²) < 4.78 is 13.2. The molecule has 30 heavy (non-hydrogen) atoms. The number of carbonyl (C=O) groups excluding carboxylic acids is 1. The molecule has 6 heteroatoms. The third-order valence-corrected chi connectivity index (χ3v) is 8.70. The fourth-order valence-corrected chi connectivity index (χ4v) is 8.76. The van der Waals surface area contributed by atoms with Crippen LogP contribution in [0.5, 0.6) is 5.75 Å². The first-order valence-electron chi connectivity index (χ1n) is 9.57. The van der Waals surface area contributed by atoms with Crippen molar-refractivity contribution in [3.05, 3.63) is 67.8 Å². The van der Waals surface area contributed by atoms with E-state index in [1.54, 1.807) is 0 Å². The van der Waals surface area contributed by atoms with Gasteiger partial charge in [-0.15, -0.1) is 0 Å². The maximum absolute atomic E-state index is 12.1. The van der Waals surface area contributed by atoms with E-state index in [9.17, 15) is 4.79 Å². The fourth-order valence-electron chi connectivity index (χ4n) is 3.52. The van der Waals surface area contributed by atoms with E-state index < -0.39 is 16.5 Å². The zero-order valence-corrected chi connectivity index (χ0v) is 22.1. The van der Waals surface area contributed by atoms with Gasteiger partial charge in [-0.1, -0.05) is 36.4 Å². The molecular weight excluding hydrogens is 622 g/mol. The number of fused-ring (bicyclic) bond motifs is 3. The molecule has 0 unspecified atom stereocenters. The SMILES string of the molecule is CC(C)(C)OC(=O)COc1c(I)cc([SH]2c3ccccc3-c3ccccc32)cc1I. The molecule has 0 N–H and O–H groups in total. The molecule has 0 radical (unpaired) electrons. The quantitative estimate of drug-likeness (QED) is 0.147. The summed E-state index contributed by atoms with van der Waals surface area (Å²) in [4.78, 5) is 16.1. The molecular formula is C24H22I2O3S. The molecule has 156 valence electrons. The van der Waals surface area contributed by atoms with Gasteiger partial charge < -0.3 is 9.47 Å². The van der Waals surface area contributed by atoms with Gasteiger partial charge in [0.25, 0.3) is 0 Å². The molecule has 0 saturated heterocycles. The molecule has 0 aliphatic carbocycles. The Kier molecular flexibility index (Phi) is 6.37. The van der Waals surface area contributed by atoms with Gasteiger partial charge in [0.05, 0.1) is 7.14 Å². The highest BCUT2D eigenvalue weighted by Crippen LogP contribution is 2.62. The van der Waals surface area contributed by atoms with Crippen molar-refractivity contribution < 1.29 is 14.3 Å². The lowest BCUT2D eigenvalue weighted by Gasteiger charge is -2.22. The van der Waals surface area contributed by atoms with Crippen LogP contribution < -0.4 is 4.74 Å². The summed E-state index contributed by atoms with van der Waals surface area (Å²) in [7, 11) is -0.614. The number of ether oxygens (including phenoxy) is 2. The lowest BCUT2D eigenvalue weighted by molar-refractivity contribution is -0.157. The van der Waals surface area contributed by atoms with E-state index in [2.05, 4.69) is 106 Å². The minimum absolute atomic E-state index is 0.0942. The molecule has 3 aromatic rings. The summed E-state index contributed by atoms with van der Waals surface area (Å²) in [6.07, 6.45) is 0. The van der Waals surface area contributed by atoms with Gasteiger partial charge in [0.2, 0.25) is 0 Å². The summed E-state index contributed by atoms with van der Waals surface area (Å²) >= 11 is 4.60. The molecule has 1 heterocycles. The topological polar surface area (TPSA) is 35.5 Å². The standard InChI is InChI=1S/C24H22I2O3S/c1-24(2,3)29-22(27)14-28-23-18(25)12-15(13-19(23)26)30-20-10-6-4-8-16(20)17-9-5-7-11-21(17)30/h4-13,30H,14H2,1-3H3. The van der Waals surface area contributed by atoms with Crippen molar-refractivity contribution in [2.75, 3.05) is 6.61 Å². The average Bonchev–Trinajstić information content (AvgIpc) is 3.00. The first-order chi connectivity index (χ1) is 14.2. The van der Waals surface area contributed by atoms with E-state index in [0.717, 1.165) is 12.9 Å². The van der Waals surface area contributed by atoms with Crippen LogP contribution in [0.1, 0.15) is 20.8 Å². The van der Waals surface area contributed by atoms with Crippen LogP contribution in [0.15, 0.2) is 75.4 Å². The summed E-state index contributed by atoms with van der Waals surface area (Å²) in [6, 6.07) is 21.8. The Morgan fingerprint density at radius 3 is 1.90 bits per heavy atom. The lowest BCUT2D eigenvalue weighted by Crippen LogP contribution is -2.27. The number of thiol groups is 1. The minimum Gasteiger partial charge on any atom is -0.480 e. The van der Waals surface area contributed by atoms with Crippen LogP contribution in [0.3, 0.4) is 0 Å². The zero-order chi connectivity index (χ0) is 21.5. The van der Waals surface area contributed by atoms with Gasteiger partial charge in [-0.25, -0.2) is 4.79 Å². The van der Waals surface area contributed by atoms with Gasteiger partial charge in [0, 0.05) is 9.79 Å². The van der Waals surface area contributed by atoms with E-state index >= 15 is 0 Å². The molecule has 0 saturated carbocycles. The molecule has 0 aromatic heterocycles. The van der Waals surface area contributed by atoms with E-state index in [1.165, 1.54) is 25.8 Å². The second kappa shape index (κ2) is 8.70. The first kappa shape index (κ1) is 22.0. The molecule has 0 bridgehead atoms. The Morgan fingerprint density at radius 1 is 0.900 bits per heavy atom. The van der Waals surface area contributed by atoms with Crippen LogP contribution in [0.2, 0.25) is 0 Å². The number of hydrogen-bond acceptors (Lipinski definition) is 3. The molecule has 1 aliphatic heterocycles. The van der Waals surface area contributed by atoms with Crippen molar-refractivity contribution in [2.24, 2.45) is 0 Å². The van der Waals surface area contributed by atoms with Crippen molar-refractivity contribution in [3.63, 3.8) is 0 Å². The van der Waals surface area contributed by atoms with Gasteiger partial charge in [0.1, 0.15) is 11.4 Å². The highest BCUT2D eigenvalue weighted by molar-refractivity contribution is 14.1. The summed E-state index contributed by atoms with van der Waals surface area (Å²) in [5.74, 6) is 0.378. The summed E-state index contributed by atoms with van der Waals surface area (Å²) in [6.45, 7) is 5.47. The zero-order valence-electron chi connectivity index (χ0n) is 16.9. The highest BCUT2D eigenvalue weighted by Gasteiger charge is 2.27. The largest absolute Gasteiger partial charge is 0.480 e. The van der Waals surface area contributed by atoms with Crippen LogP contribution in [0.4, 0.5) is 0 Å². The van der Waals surface area contributed by atoms with Crippen LogP contribution in [0.25, 0.3) is 11.1 Å². The van der Waals surface area contributed by atoms with Crippen LogP contribution >= 0.6 is 56.1 Å². The third kappa shape index (κ3) is 4.50. The summed E-state index contributed by atoms with van der Waals surface area (Å²) in [5.41, 5.74) is 2.14. The first-order valence-corrected chi connectivity index (χ1v) is 13.1. The molecule has 0 atom stereocenters. The Hall–Kier alpha value is -1.26. The summed E-state index contributed by atoms with van der Waals surface area (Å²) in [5, 5.41) is 0. The molecule has 0 spiro atoms. The maximum Gasteiger partial charge on any atom is 0.344 e. The second-order valence-electron chi connectivity index (χ2n) is 7.98. The second-order valence-corrected chi connectivity index (χ2v) is 12.5.